The molecule has 1 heterocycles. The number of hydrogen-bond acceptors (Lipinski definition) is 3. The van der Waals surface area contributed by atoms with Gasteiger partial charge >= 0.3 is 6.18 Å². The number of rotatable bonds is 6. The highest BCUT2D eigenvalue weighted by Crippen LogP contribution is 2.20. The van der Waals surface area contributed by atoms with Crippen molar-refractivity contribution in [1.82, 2.24) is 10.3 Å². The topological polar surface area (TPSA) is 72.5 Å². The number of pyridine rings is 1. The summed E-state index contributed by atoms with van der Waals surface area (Å²) in [5.74, 6) is 0.148. The van der Waals surface area contributed by atoms with Crippen molar-refractivity contribution in [2.24, 2.45) is 10.7 Å². The van der Waals surface area contributed by atoms with Crippen molar-refractivity contribution in [1.29, 1.82) is 0 Å². The van der Waals surface area contributed by atoms with Gasteiger partial charge in [0.2, 0.25) is 5.88 Å². The third-order valence-electron chi connectivity index (χ3n) is 2.20. The molecular formula is C12H17F3N4O. The van der Waals surface area contributed by atoms with Gasteiger partial charge in [-0.2, -0.15) is 13.2 Å². The standard InChI is InChI=1S/C12H17F3N4O/c1-2-5-18-11(16)19-7-9-4-3-6-17-10(9)20-8-12(13,14)15/h3-4,6H,2,5,7-8H2,1H3,(H3,16,18,19). The summed E-state index contributed by atoms with van der Waals surface area (Å²) in [7, 11) is 0. The van der Waals surface area contributed by atoms with Crippen LogP contribution in [0.2, 0.25) is 0 Å². The number of aliphatic imine (C=N–C) groups is 1. The molecule has 5 nitrogen and oxygen atoms in total. The third-order valence-corrected chi connectivity index (χ3v) is 2.20. The number of alkyl halides is 3. The lowest BCUT2D eigenvalue weighted by Crippen LogP contribution is -2.32. The average Bonchev–Trinajstić information content (AvgIpc) is 2.40. The molecular weight excluding hydrogens is 273 g/mol. The van der Waals surface area contributed by atoms with E-state index in [9.17, 15) is 13.2 Å². The van der Waals surface area contributed by atoms with Crippen molar-refractivity contribution in [3.05, 3.63) is 23.9 Å². The molecule has 20 heavy (non-hydrogen) atoms. The highest BCUT2D eigenvalue weighted by molar-refractivity contribution is 5.77. The highest BCUT2D eigenvalue weighted by Gasteiger charge is 2.29. The first kappa shape index (κ1) is 16.1. The zero-order valence-electron chi connectivity index (χ0n) is 11.1. The van der Waals surface area contributed by atoms with Gasteiger partial charge in [-0.25, -0.2) is 9.98 Å². The minimum atomic E-state index is -4.40. The second kappa shape index (κ2) is 7.56. The van der Waals surface area contributed by atoms with Crippen LogP contribution in [0.5, 0.6) is 5.88 Å². The van der Waals surface area contributed by atoms with Crippen LogP contribution >= 0.6 is 0 Å². The van der Waals surface area contributed by atoms with Crippen molar-refractivity contribution in [3.63, 3.8) is 0 Å². The lowest BCUT2D eigenvalue weighted by molar-refractivity contribution is -0.154. The molecule has 0 bridgehead atoms. The number of aromatic nitrogens is 1. The monoisotopic (exact) mass is 290 g/mol. The molecule has 0 radical (unpaired) electrons. The van der Waals surface area contributed by atoms with E-state index in [1.807, 2.05) is 6.92 Å². The first-order valence-electron chi connectivity index (χ1n) is 6.09. The summed E-state index contributed by atoms with van der Waals surface area (Å²) in [6.45, 7) is 1.37. The quantitative estimate of drug-likeness (QED) is 0.619. The van der Waals surface area contributed by atoms with E-state index in [-0.39, 0.29) is 18.4 Å². The first-order chi connectivity index (χ1) is 9.42. The molecule has 0 amide bonds. The summed E-state index contributed by atoms with van der Waals surface area (Å²) in [6.07, 6.45) is -2.15. The third kappa shape index (κ3) is 6.26. The van der Waals surface area contributed by atoms with E-state index in [1.165, 1.54) is 6.20 Å². The van der Waals surface area contributed by atoms with Crippen LogP contribution in [-0.2, 0) is 6.54 Å². The Morgan fingerprint density at radius 1 is 1.50 bits per heavy atom. The summed E-state index contributed by atoms with van der Waals surface area (Å²) in [5, 5.41) is 2.86. The van der Waals surface area contributed by atoms with Crippen molar-refractivity contribution < 1.29 is 17.9 Å². The van der Waals surface area contributed by atoms with Gasteiger partial charge in [0.05, 0.1) is 6.54 Å². The number of guanidine groups is 1. The van der Waals surface area contributed by atoms with Crippen LogP contribution in [0.25, 0.3) is 0 Å². The molecule has 3 N–H and O–H groups in total. The number of halogens is 3. The van der Waals surface area contributed by atoms with Gasteiger partial charge in [-0.05, 0) is 12.5 Å². The number of nitrogens with one attached hydrogen (secondary N) is 1. The predicted octanol–water partition coefficient (Wildman–Crippen LogP) is 1.84. The Morgan fingerprint density at radius 3 is 2.90 bits per heavy atom. The molecule has 1 rings (SSSR count). The Bertz CT molecular complexity index is 449. The lowest BCUT2D eigenvalue weighted by atomic mass is 10.3. The van der Waals surface area contributed by atoms with Crippen molar-refractivity contribution in [2.75, 3.05) is 13.2 Å². The fraction of sp³-hybridized carbons (Fsp3) is 0.500. The first-order valence-corrected chi connectivity index (χ1v) is 6.09. The number of nitrogens with two attached hydrogens (primary N) is 1. The Kier molecular flexibility index (Phi) is 6.08. The molecule has 8 heteroatoms. The van der Waals surface area contributed by atoms with Crippen molar-refractivity contribution in [2.45, 2.75) is 26.1 Å². The summed E-state index contributed by atoms with van der Waals surface area (Å²) in [4.78, 5) is 7.79. The molecule has 1 aromatic rings. The second-order valence-corrected chi connectivity index (χ2v) is 4.00. The largest absolute Gasteiger partial charge is 0.468 e. The molecule has 0 aliphatic heterocycles. The van der Waals surface area contributed by atoms with Gasteiger partial charge in [0.15, 0.2) is 12.6 Å². The van der Waals surface area contributed by atoms with E-state index in [4.69, 9.17) is 5.73 Å². The normalized spacial score (nSPS) is 12.3. The zero-order valence-corrected chi connectivity index (χ0v) is 11.1. The van der Waals surface area contributed by atoms with Gasteiger partial charge in [-0.3, -0.25) is 0 Å². The van der Waals surface area contributed by atoms with Crippen LogP contribution in [-0.4, -0.2) is 30.3 Å². The van der Waals surface area contributed by atoms with Gasteiger partial charge in [-0.1, -0.05) is 13.0 Å². The molecule has 0 aromatic carbocycles. The molecule has 0 fully saturated rings. The summed E-state index contributed by atoms with van der Waals surface area (Å²) in [6, 6.07) is 3.19. The van der Waals surface area contributed by atoms with Gasteiger partial charge in [-0.15, -0.1) is 0 Å². The Morgan fingerprint density at radius 2 is 2.25 bits per heavy atom. The SMILES string of the molecule is CCCNC(N)=NCc1cccnc1OCC(F)(F)F. The zero-order chi connectivity index (χ0) is 15.0. The molecule has 0 spiro atoms. The van der Waals surface area contributed by atoms with Gasteiger partial charge in [0, 0.05) is 18.3 Å². The summed E-state index contributed by atoms with van der Waals surface area (Å²) < 4.78 is 41.0. The second-order valence-electron chi connectivity index (χ2n) is 4.00. The Labute approximate surface area is 115 Å². The Hall–Kier alpha value is -1.99. The fourth-order valence-corrected chi connectivity index (χ4v) is 1.30. The molecule has 0 aliphatic rings. The van der Waals surface area contributed by atoms with Crippen LogP contribution < -0.4 is 15.8 Å². The maximum atomic E-state index is 12.1. The molecule has 112 valence electrons. The Balaban J connectivity index is 2.65. The van der Waals surface area contributed by atoms with Crippen LogP contribution in [0.15, 0.2) is 23.3 Å². The number of ether oxygens (including phenoxy) is 1. The van der Waals surface area contributed by atoms with Crippen LogP contribution in [0, 0.1) is 0 Å². The molecule has 0 atom stereocenters. The van der Waals surface area contributed by atoms with Crippen molar-refractivity contribution in [3.8, 4) is 5.88 Å². The molecule has 0 unspecified atom stereocenters. The minimum Gasteiger partial charge on any atom is -0.468 e. The van der Waals surface area contributed by atoms with Gasteiger partial charge < -0.3 is 15.8 Å². The van der Waals surface area contributed by atoms with Crippen LogP contribution in [0.4, 0.5) is 13.2 Å². The van der Waals surface area contributed by atoms with E-state index in [1.54, 1.807) is 12.1 Å². The predicted molar refractivity (Wildman–Crippen MR) is 69.4 cm³/mol. The highest BCUT2D eigenvalue weighted by atomic mass is 19.4. The number of nitrogens with zero attached hydrogens (tertiary/aromatic N) is 2. The smallest absolute Gasteiger partial charge is 0.422 e. The van der Waals surface area contributed by atoms with E-state index in [0.717, 1.165) is 6.42 Å². The average molecular weight is 290 g/mol. The van der Waals surface area contributed by atoms with E-state index < -0.39 is 12.8 Å². The van der Waals surface area contributed by atoms with Gasteiger partial charge in [0.1, 0.15) is 0 Å². The van der Waals surface area contributed by atoms with Crippen molar-refractivity contribution >= 4 is 5.96 Å². The number of hydrogen-bond donors (Lipinski definition) is 2. The van der Waals surface area contributed by atoms with Crippen LogP contribution in [0.3, 0.4) is 0 Å². The van der Waals surface area contributed by atoms with E-state index >= 15 is 0 Å². The van der Waals surface area contributed by atoms with Gasteiger partial charge in [0.25, 0.3) is 0 Å². The van der Waals surface area contributed by atoms with E-state index in [0.29, 0.717) is 12.1 Å². The fourth-order valence-electron chi connectivity index (χ4n) is 1.30. The molecule has 0 aliphatic carbocycles. The maximum Gasteiger partial charge on any atom is 0.422 e. The molecule has 1 aromatic heterocycles. The lowest BCUT2D eigenvalue weighted by Gasteiger charge is -2.11. The molecule has 0 saturated heterocycles. The van der Waals surface area contributed by atoms with Crippen LogP contribution in [0.1, 0.15) is 18.9 Å². The molecule has 0 saturated carbocycles. The summed E-state index contributed by atoms with van der Waals surface area (Å²) in [5.41, 5.74) is 6.04. The van der Waals surface area contributed by atoms with E-state index in [2.05, 4.69) is 20.0 Å². The summed E-state index contributed by atoms with van der Waals surface area (Å²) >= 11 is 0. The minimum absolute atomic E-state index is 0.0862. The maximum absolute atomic E-state index is 12.1.